The molecule has 0 spiro atoms. The van der Waals surface area contributed by atoms with E-state index in [1.165, 1.54) is 0 Å². The number of nitrogens with zero attached hydrogens (tertiary/aromatic N) is 1. The lowest BCUT2D eigenvalue weighted by atomic mass is 10.3. The number of anilines is 1. The third-order valence-corrected chi connectivity index (χ3v) is 4.15. The number of hydrogen-bond acceptors (Lipinski definition) is 4. The molecule has 0 aliphatic carbocycles. The van der Waals surface area contributed by atoms with Crippen LogP contribution in [0.4, 0.5) is 23.4 Å². The molecule has 0 bridgehead atoms. The van der Waals surface area contributed by atoms with Crippen LogP contribution in [-0.2, 0) is 16.2 Å². The van der Waals surface area contributed by atoms with Crippen LogP contribution in [0.5, 0.6) is 0 Å². The molecule has 2 N–H and O–H groups in total. The van der Waals surface area contributed by atoms with E-state index in [0.717, 1.165) is 24.3 Å². The first-order chi connectivity index (χ1) is 10.6. The molecule has 1 heterocycles. The van der Waals surface area contributed by atoms with Gasteiger partial charge in [-0.1, -0.05) is 11.6 Å². The van der Waals surface area contributed by atoms with Crippen LogP contribution in [-0.4, -0.2) is 13.4 Å². The fourth-order valence-corrected chi connectivity index (χ4v) is 2.53. The number of aromatic nitrogens is 1. The van der Waals surface area contributed by atoms with Gasteiger partial charge < -0.3 is 0 Å². The van der Waals surface area contributed by atoms with Crippen molar-refractivity contribution in [3.8, 4) is 0 Å². The molecule has 5 nitrogen and oxygen atoms in total. The van der Waals surface area contributed by atoms with Crippen LogP contribution in [0.2, 0.25) is 5.02 Å². The van der Waals surface area contributed by atoms with Gasteiger partial charge in [0.1, 0.15) is 5.82 Å². The van der Waals surface area contributed by atoms with Gasteiger partial charge in [-0.25, -0.2) is 17.8 Å². The summed E-state index contributed by atoms with van der Waals surface area (Å²) < 4.78 is 74.0. The van der Waals surface area contributed by atoms with Crippen molar-refractivity contribution in [3.05, 3.63) is 52.9 Å². The molecular weight excluding hydrogens is 362 g/mol. The predicted octanol–water partition coefficient (Wildman–Crippen LogP) is 3.20. The Morgan fingerprint density at radius 2 is 1.74 bits per heavy atom. The molecule has 0 aliphatic heterocycles. The van der Waals surface area contributed by atoms with Crippen molar-refractivity contribution in [3.63, 3.8) is 0 Å². The van der Waals surface area contributed by atoms with Gasteiger partial charge in [0.05, 0.1) is 15.5 Å². The molecule has 0 unspecified atom stereocenters. The Morgan fingerprint density at radius 3 is 2.26 bits per heavy atom. The summed E-state index contributed by atoms with van der Waals surface area (Å²) in [5, 5.41) is -0.429. The Balaban J connectivity index is 2.16. The molecule has 1 aromatic heterocycles. The highest BCUT2D eigenvalue weighted by Crippen LogP contribution is 2.32. The highest BCUT2D eigenvalue weighted by Gasteiger charge is 2.31. The quantitative estimate of drug-likeness (QED) is 0.641. The summed E-state index contributed by atoms with van der Waals surface area (Å²) in [6.45, 7) is 0. The minimum atomic E-state index is -4.62. The Hall–Kier alpha value is -1.91. The van der Waals surface area contributed by atoms with E-state index in [0.29, 0.717) is 12.3 Å². The summed E-state index contributed by atoms with van der Waals surface area (Å²) in [5.74, 6) is -0.935. The molecule has 0 aliphatic rings. The maximum absolute atomic E-state index is 12.8. The van der Waals surface area contributed by atoms with Crippen molar-refractivity contribution in [1.82, 2.24) is 9.82 Å². The number of hydrogen-bond donors (Lipinski definition) is 2. The Kier molecular flexibility index (Phi) is 4.78. The summed E-state index contributed by atoms with van der Waals surface area (Å²) in [5.41, 5.74) is 1.03. The molecular formula is C12H8ClF4N3O2S. The number of halogens is 5. The minimum absolute atomic E-state index is 0.255. The van der Waals surface area contributed by atoms with Crippen LogP contribution in [0, 0.1) is 5.82 Å². The van der Waals surface area contributed by atoms with Gasteiger partial charge in [0.15, 0.2) is 5.82 Å². The van der Waals surface area contributed by atoms with Crippen LogP contribution in [0.25, 0.3) is 0 Å². The standard InChI is InChI=1S/C12H8ClF4N3O2S/c13-10-5-7(12(15,16)17)6-18-11(10)19-20-23(21,22)9-3-1-8(14)2-4-9/h1-6,20H,(H,18,19). The lowest BCUT2D eigenvalue weighted by molar-refractivity contribution is -0.137. The summed E-state index contributed by atoms with van der Waals surface area (Å²) in [6.07, 6.45) is -4.12. The first-order valence-corrected chi connectivity index (χ1v) is 7.72. The topological polar surface area (TPSA) is 71.1 Å². The average Bonchev–Trinajstić information content (AvgIpc) is 2.45. The molecule has 23 heavy (non-hydrogen) atoms. The van der Waals surface area contributed by atoms with Gasteiger partial charge in [0.2, 0.25) is 0 Å². The molecule has 0 amide bonds. The van der Waals surface area contributed by atoms with Crippen LogP contribution < -0.4 is 10.3 Å². The van der Waals surface area contributed by atoms with Crippen LogP contribution >= 0.6 is 11.6 Å². The van der Waals surface area contributed by atoms with E-state index in [2.05, 4.69) is 10.4 Å². The maximum Gasteiger partial charge on any atom is 0.417 e. The van der Waals surface area contributed by atoms with Crippen LogP contribution in [0.15, 0.2) is 41.4 Å². The van der Waals surface area contributed by atoms with E-state index < -0.39 is 32.6 Å². The van der Waals surface area contributed by atoms with Crippen molar-refractivity contribution in [1.29, 1.82) is 0 Å². The van der Waals surface area contributed by atoms with Crippen molar-refractivity contribution < 1.29 is 26.0 Å². The van der Waals surface area contributed by atoms with Gasteiger partial charge in [-0.05, 0) is 30.3 Å². The molecule has 0 saturated carbocycles. The number of hydrazine groups is 1. The first-order valence-electron chi connectivity index (χ1n) is 5.86. The number of nitrogens with one attached hydrogen (secondary N) is 2. The average molecular weight is 370 g/mol. The van der Waals surface area contributed by atoms with E-state index >= 15 is 0 Å². The number of alkyl halides is 3. The molecule has 0 radical (unpaired) electrons. The second-order valence-corrected chi connectivity index (χ2v) is 6.33. The summed E-state index contributed by atoms with van der Waals surface area (Å²) in [7, 11) is -4.08. The van der Waals surface area contributed by atoms with E-state index in [-0.39, 0.29) is 10.7 Å². The van der Waals surface area contributed by atoms with Crippen molar-refractivity contribution in [2.75, 3.05) is 5.43 Å². The minimum Gasteiger partial charge on any atom is -0.291 e. The second-order valence-electron chi connectivity index (χ2n) is 4.24. The lowest BCUT2D eigenvalue weighted by Gasteiger charge is -2.12. The van der Waals surface area contributed by atoms with Gasteiger partial charge in [-0.15, -0.1) is 4.83 Å². The molecule has 2 rings (SSSR count). The zero-order chi connectivity index (χ0) is 17.3. The van der Waals surface area contributed by atoms with Gasteiger partial charge in [-0.2, -0.15) is 13.2 Å². The number of benzene rings is 1. The van der Waals surface area contributed by atoms with E-state index in [1.54, 1.807) is 0 Å². The molecule has 0 fully saturated rings. The smallest absolute Gasteiger partial charge is 0.291 e. The second kappa shape index (κ2) is 6.30. The Morgan fingerprint density at radius 1 is 1.13 bits per heavy atom. The highest BCUT2D eigenvalue weighted by molar-refractivity contribution is 7.89. The molecule has 11 heteroatoms. The first kappa shape index (κ1) is 17.4. The SMILES string of the molecule is O=S(=O)(NNc1ncc(C(F)(F)F)cc1Cl)c1ccc(F)cc1. The van der Waals surface area contributed by atoms with Crippen molar-refractivity contribution in [2.24, 2.45) is 0 Å². The van der Waals surface area contributed by atoms with Gasteiger partial charge in [-0.3, -0.25) is 5.43 Å². The van der Waals surface area contributed by atoms with Gasteiger partial charge in [0.25, 0.3) is 10.0 Å². The van der Waals surface area contributed by atoms with E-state index in [1.807, 2.05) is 4.83 Å². The van der Waals surface area contributed by atoms with Gasteiger partial charge in [0, 0.05) is 6.20 Å². The normalized spacial score (nSPS) is 12.2. The van der Waals surface area contributed by atoms with Crippen molar-refractivity contribution in [2.45, 2.75) is 11.1 Å². The monoisotopic (exact) mass is 369 g/mol. The van der Waals surface area contributed by atoms with Crippen LogP contribution in [0.3, 0.4) is 0 Å². The maximum atomic E-state index is 12.8. The largest absolute Gasteiger partial charge is 0.417 e. The molecule has 1 aromatic carbocycles. The Labute approximate surface area is 133 Å². The molecule has 2 aromatic rings. The highest BCUT2D eigenvalue weighted by atomic mass is 35.5. The van der Waals surface area contributed by atoms with Gasteiger partial charge >= 0.3 is 6.18 Å². The zero-order valence-corrected chi connectivity index (χ0v) is 12.6. The lowest BCUT2D eigenvalue weighted by Crippen LogP contribution is -2.30. The number of pyridine rings is 1. The Bertz CT molecular complexity index is 810. The summed E-state index contributed by atoms with van der Waals surface area (Å²) >= 11 is 5.62. The van der Waals surface area contributed by atoms with Crippen LogP contribution in [0.1, 0.15) is 5.56 Å². The van der Waals surface area contributed by atoms with Crippen molar-refractivity contribution >= 4 is 27.4 Å². The fourth-order valence-electron chi connectivity index (χ4n) is 1.47. The molecule has 0 saturated heterocycles. The third-order valence-electron chi connectivity index (χ3n) is 2.60. The van der Waals surface area contributed by atoms with E-state index in [9.17, 15) is 26.0 Å². The van der Waals surface area contributed by atoms with E-state index in [4.69, 9.17) is 11.6 Å². The predicted molar refractivity (Wildman–Crippen MR) is 74.6 cm³/mol. The molecule has 124 valence electrons. The zero-order valence-electron chi connectivity index (χ0n) is 11.0. The molecule has 0 atom stereocenters. The third kappa shape index (κ3) is 4.30. The number of sulfonamides is 1. The summed E-state index contributed by atoms with van der Waals surface area (Å²) in [4.78, 5) is 5.03. The number of rotatable bonds is 4. The fraction of sp³-hybridized carbons (Fsp3) is 0.0833. The summed E-state index contributed by atoms with van der Waals surface area (Å²) in [6, 6.07) is 4.52.